The maximum Gasteiger partial charge on any atom is 0.0973 e. The van der Waals surface area contributed by atoms with E-state index in [1.54, 1.807) is 0 Å². The number of rotatable bonds is 7. The van der Waals surface area contributed by atoms with Crippen LogP contribution in [0.4, 0.5) is 0 Å². The van der Waals surface area contributed by atoms with Crippen molar-refractivity contribution >= 4 is 11.6 Å². The molecule has 0 saturated heterocycles. The lowest BCUT2D eigenvalue weighted by Gasteiger charge is -2.22. The van der Waals surface area contributed by atoms with Crippen LogP contribution in [0.25, 0.3) is 0 Å². The molecule has 2 atom stereocenters. The molecule has 0 spiro atoms. The summed E-state index contributed by atoms with van der Waals surface area (Å²) in [5.41, 5.74) is 7.05. The van der Waals surface area contributed by atoms with Crippen molar-refractivity contribution in [3.05, 3.63) is 34.9 Å². The Hall–Kier alpha value is -0.570. The standard InChI is InChI=1S/C15H24ClNO/c1-11(2)6-5-9-18-15(12(3)17)13-7-4-8-14(16)10-13/h4,7-8,10-12,15H,5-6,9,17H2,1-3H3. The second-order valence-corrected chi connectivity index (χ2v) is 5.68. The second kappa shape index (κ2) is 7.78. The normalized spacial score (nSPS) is 14.8. The van der Waals surface area contributed by atoms with Gasteiger partial charge in [0.25, 0.3) is 0 Å². The summed E-state index contributed by atoms with van der Waals surface area (Å²) in [6, 6.07) is 7.70. The van der Waals surface area contributed by atoms with Crippen molar-refractivity contribution in [2.45, 2.75) is 45.8 Å². The predicted octanol–water partition coefficient (Wildman–Crippen LogP) is 4.18. The van der Waals surface area contributed by atoms with Gasteiger partial charge in [0.1, 0.15) is 0 Å². The van der Waals surface area contributed by atoms with E-state index in [0.29, 0.717) is 5.92 Å². The van der Waals surface area contributed by atoms with Crippen LogP contribution in [0.2, 0.25) is 5.02 Å². The Balaban J connectivity index is 2.55. The molecule has 2 N–H and O–H groups in total. The fourth-order valence-electron chi connectivity index (χ4n) is 1.94. The summed E-state index contributed by atoms with van der Waals surface area (Å²) >= 11 is 6.00. The highest BCUT2D eigenvalue weighted by Crippen LogP contribution is 2.23. The SMILES string of the molecule is CC(C)CCCOC(c1cccc(Cl)c1)C(C)N. The van der Waals surface area contributed by atoms with Crippen LogP contribution >= 0.6 is 11.6 Å². The molecule has 3 heteroatoms. The molecule has 0 radical (unpaired) electrons. The van der Waals surface area contributed by atoms with Gasteiger partial charge in [-0.05, 0) is 43.4 Å². The average Bonchev–Trinajstić information content (AvgIpc) is 2.27. The number of hydrogen-bond acceptors (Lipinski definition) is 2. The summed E-state index contributed by atoms with van der Waals surface area (Å²) in [7, 11) is 0. The molecule has 0 aliphatic carbocycles. The van der Waals surface area contributed by atoms with Gasteiger partial charge in [0.05, 0.1) is 6.10 Å². The molecule has 0 aliphatic rings. The monoisotopic (exact) mass is 269 g/mol. The fourth-order valence-corrected chi connectivity index (χ4v) is 2.14. The largest absolute Gasteiger partial charge is 0.372 e. The van der Waals surface area contributed by atoms with Crippen molar-refractivity contribution in [1.82, 2.24) is 0 Å². The van der Waals surface area contributed by atoms with E-state index in [4.69, 9.17) is 22.1 Å². The Morgan fingerprint density at radius 3 is 2.56 bits per heavy atom. The second-order valence-electron chi connectivity index (χ2n) is 5.24. The molecule has 18 heavy (non-hydrogen) atoms. The summed E-state index contributed by atoms with van der Waals surface area (Å²) in [6.07, 6.45) is 2.18. The number of ether oxygens (including phenoxy) is 1. The lowest BCUT2D eigenvalue weighted by Crippen LogP contribution is -2.27. The Labute approximate surface area is 115 Å². The van der Waals surface area contributed by atoms with Gasteiger partial charge in [-0.25, -0.2) is 0 Å². The molecule has 0 aromatic heterocycles. The fraction of sp³-hybridized carbons (Fsp3) is 0.600. The third-order valence-corrected chi connectivity index (χ3v) is 3.11. The number of hydrogen-bond donors (Lipinski definition) is 1. The van der Waals surface area contributed by atoms with Crippen molar-refractivity contribution in [2.75, 3.05) is 6.61 Å². The Kier molecular flexibility index (Phi) is 6.69. The maximum atomic E-state index is 6.00. The molecule has 0 saturated carbocycles. The minimum absolute atomic E-state index is 0.0393. The van der Waals surface area contributed by atoms with Crippen LogP contribution in [-0.2, 0) is 4.74 Å². The number of benzene rings is 1. The first-order valence-corrected chi connectivity index (χ1v) is 7.01. The van der Waals surface area contributed by atoms with Gasteiger partial charge in [-0.15, -0.1) is 0 Å². The lowest BCUT2D eigenvalue weighted by molar-refractivity contribution is 0.0348. The smallest absolute Gasteiger partial charge is 0.0973 e. The van der Waals surface area contributed by atoms with E-state index < -0.39 is 0 Å². The van der Waals surface area contributed by atoms with Crippen LogP contribution in [-0.4, -0.2) is 12.6 Å². The summed E-state index contributed by atoms with van der Waals surface area (Å²) in [6.45, 7) is 7.16. The van der Waals surface area contributed by atoms with Crippen LogP contribution in [0.3, 0.4) is 0 Å². The van der Waals surface area contributed by atoms with E-state index in [0.717, 1.165) is 23.6 Å². The van der Waals surface area contributed by atoms with Gasteiger partial charge in [0.15, 0.2) is 0 Å². The van der Waals surface area contributed by atoms with Gasteiger partial charge in [-0.3, -0.25) is 0 Å². The summed E-state index contributed by atoms with van der Waals surface area (Å²) < 4.78 is 5.91. The van der Waals surface area contributed by atoms with Gasteiger partial charge < -0.3 is 10.5 Å². The Morgan fingerprint density at radius 1 is 1.28 bits per heavy atom. The van der Waals surface area contributed by atoms with Gasteiger partial charge in [0, 0.05) is 17.7 Å². The topological polar surface area (TPSA) is 35.2 Å². The van der Waals surface area contributed by atoms with E-state index in [1.807, 2.05) is 31.2 Å². The molecule has 1 rings (SSSR count). The summed E-state index contributed by atoms with van der Waals surface area (Å²) in [4.78, 5) is 0. The van der Waals surface area contributed by atoms with E-state index >= 15 is 0 Å². The highest BCUT2D eigenvalue weighted by molar-refractivity contribution is 6.30. The Bertz CT molecular complexity index is 352. The maximum absolute atomic E-state index is 6.00. The van der Waals surface area contributed by atoms with Gasteiger partial charge in [-0.2, -0.15) is 0 Å². The van der Waals surface area contributed by atoms with E-state index in [-0.39, 0.29) is 12.1 Å². The third kappa shape index (κ3) is 5.38. The quantitative estimate of drug-likeness (QED) is 0.754. The van der Waals surface area contributed by atoms with Crippen molar-refractivity contribution < 1.29 is 4.74 Å². The zero-order valence-electron chi connectivity index (χ0n) is 11.5. The molecule has 0 fully saturated rings. The van der Waals surface area contributed by atoms with Crippen molar-refractivity contribution in [3.8, 4) is 0 Å². The van der Waals surface area contributed by atoms with Crippen molar-refractivity contribution in [1.29, 1.82) is 0 Å². The van der Waals surface area contributed by atoms with Gasteiger partial charge in [0.2, 0.25) is 0 Å². The molecule has 2 unspecified atom stereocenters. The first-order valence-electron chi connectivity index (χ1n) is 6.63. The van der Waals surface area contributed by atoms with Crippen LogP contribution in [0.1, 0.15) is 45.3 Å². The molecule has 0 bridgehead atoms. The zero-order chi connectivity index (χ0) is 13.5. The lowest BCUT2D eigenvalue weighted by atomic mass is 10.0. The molecular weight excluding hydrogens is 246 g/mol. The van der Waals surface area contributed by atoms with Crippen LogP contribution in [0, 0.1) is 5.92 Å². The summed E-state index contributed by atoms with van der Waals surface area (Å²) in [5.74, 6) is 0.716. The van der Waals surface area contributed by atoms with Crippen molar-refractivity contribution in [3.63, 3.8) is 0 Å². The minimum atomic E-state index is -0.0733. The first kappa shape index (κ1) is 15.5. The molecule has 0 aliphatic heterocycles. The molecule has 1 aromatic carbocycles. The number of halogens is 1. The molecule has 0 heterocycles. The van der Waals surface area contributed by atoms with E-state index in [2.05, 4.69) is 13.8 Å². The molecule has 1 aromatic rings. The Morgan fingerprint density at radius 2 is 2.00 bits per heavy atom. The number of nitrogens with two attached hydrogens (primary N) is 1. The zero-order valence-corrected chi connectivity index (χ0v) is 12.3. The highest BCUT2D eigenvalue weighted by Gasteiger charge is 2.16. The van der Waals surface area contributed by atoms with Gasteiger partial charge in [-0.1, -0.05) is 37.6 Å². The minimum Gasteiger partial charge on any atom is -0.372 e. The molecular formula is C15H24ClNO. The summed E-state index contributed by atoms with van der Waals surface area (Å²) in [5, 5.41) is 0.726. The molecule has 0 amide bonds. The predicted molar refractivity (Wildman–Crippen MR) is 77.9 cm³/mol. The third-order valence-electron chi connectivity index (χ3n) is 2.88. The molecule has 102 valence electrons. The first-order chi connectivity index (χ1) is 8.50. The average molecular weight is 270 g/mol. The van der Waals surface area contributed by atoms with Crippen LogP contribution in [0.15, 0.2) is 24.3 Å². The van der Waals surface area contributed by atoms with Crippen molar-refractivity contribution in [2.24, 2.45) is 11.7 Å². The van der Waals surface area contributed by atoms with Crippen LogP contribution < -0.4 is 5.73 Å². The van der Waals surface area contributed by atoms with Gasteiger partial charge >= 0.3 is 0 Å². The highest BCUT2D eigenvalue weighted by atomic mass is 35.5. The van der Waals surface area contributed by atoms with Crippen LogP contribution in [0.5, 0.6) is 0 Å². The molecule has 2 nitrogen and oxygen atoms in total. The van der Waals surface area contributed by atoms with E-state index in [1.165, 1.54) is 6.42 Å². The van der Waals surface area contributed by atoms with E-state index in [9.17, 15) is 0 Å².